The van der Waals surface area contributed by atoms with Crippen LogP contribution in [0.4, 0.5) is 16.3 Å². The molecule has 24 heavy (non-hydrogen) atoms. The molecule has 11 nitrogen and oxygen atoms in total. The van der Waals surface area contributed by atoms with Crippen molar-refractivity contribution in [2.75, 3.05) is 18.2 Å². The van der Waals surface area contributed by atoms with E-state index in [0.717, 1.165) is 12.5 Å². The van der Waals surface area contributed by atoms with Gasteiger partial charge in [-0.05, 0) is 27.2 Å². The highest BCUT2D eigenvalue weighted by molar-refractivity contribution is 7.85. The first-order chi connectivity index (χ1) is 10.9. The Morgan fingerprint density at radius 3 is 2.58 bits per heavy atom. The molecule has 0 aliphatic carbocycles. The summed E-state index contributed by atoms with van der Waals surface area (Å²) in [6, 6.07) is 0. The van der Waals surface area contributed by atoms with Crippen molar-refractivity contribution in [3.63, 3.8) is 0 Å². The molecule has 0 atom stereocenters. The summed E-state index contributed by atoms with van der Waals surface area (Å²) in [7, 11) is -3.54. The van der Waals surface area contributed by atoms with Crippen LogP contribution in [0.2, 0.25) is 0 Å². The van der Waals surface area contributed by atoms with Crippen LogP contribution >= 0.6 is 0 Å². The van der Waals surface area contributed by atoms with E-state index in [9.17, 15) is 23.3 Å². The van der Waals surface area contributed by atoms with Crippen molar-refractivity contribution in [2.24, 2.45) is 0 Å². The summed E-state index contributed by atoms with van der Waals surface area (Å²) < 4.78 is 32.5. The number of nitrogens with zero attached hydrogens (tertiary/aromatic N) is 3. The van der Waals surface area contributed by atoms with Crippen LogP contribution in [-0.4, -0.2) is 47.7 Å². The van der Waals surface area contributed by atoms with Crippen LogP contribution < -0.4 is 5.32 Å². The number of hydrogen-bond acceptors (Lipinski definition) is 8. The van der Waals surface area contributed by atoms with Crippen LogP contribution in [-0.2, 0) is 25.6 Å². The summed E-state index contributed by atoms with van der Waals surface area (Å²) in [5, 5.41) is 17.1. The minimum absolute atomic E-state index is 0.0820. The number of rotatable bonds is 7. The zero-order valence-electron chi connectivity index (χ0n) is 13.8. The van der Waals surface area contributed by atoms with Gasteiger partial charge < -0.3 is 4.74 Å². The molecule has 0 spiro atoms. The number of aryl methyl sites for hydroxylation is 1. The molecule has 1 rings (SSSR count). The zero-order chi connectivity index (χ0) is 18.5. The Labute approximate surface area is 139 Å². The van der Waals surface area contributed by atoms with Gasteiger partial charge in [-0.1, -0.05) is 0 Å². The Morgan fingerprint density at radius 1 is 1.46 bits per heavy atom. The Morgan fingerprint density at radius 2 is 2.08 bits per heavy atom. The van der Waals surface area contributed by atoms with Crippen molar-refractivity contribution < 1.29 is 27.1 Å². The highest BCUT2D eigenvalue weighted by atomic mass is 32.2. The van der Waals surface area contributed by atoms with E-state index in [4.69, 9.17) is 4.74 Å². The van der Waals surface area contributed by atoms with Gasteiger partial charge in [-0.25, -0.2) is 4.79 Å². The van der Waals surface area contributed by atoms with E-state index in [1.165, 1.54) is 4.68 Å². The fraction of sp³-hybridized carbons (Fsp3) is 0.667. The Kier molecular flexibility index (Phi) is 6.26. The molecule has 0 saturated carbocycles. The van der Waals surface area contributed by atoms with E-state index in [0.29, 0.717) is 0 Å². The largest absolute Gasteiger partial charge is 0.444 e. The highest BCUT2D eigenvalue weighted by Crippen LogP contribution is 2.23. The Hall–Kier alpha value is -2.21. The van der Waals surface area contributed by atoms with Crippen molar-refractivity contribution in [3.8, 4) is 0 Å². The first-order valence-corrected chi connectivity index (χ1v) is 8.75. The number of nitrogens with one attached hydrogen (secondary N) is 1. The summed E-state index contributed by atoms with van der Waals surface area (Å²) in [4.78, 5) is 22.0. The average Bonchev–Trinajstić information content (AvgIpc) is 2.74. The number of hydrogen-bond donors (Lipinski definition) is 1. The molecule has 0 bridgehead atoms. The second-order valence-corrected chi connectivity index (χ2v) is 7.53. The maximum Gasteiger partial charge on any atom is 0.413 e. The molecule has 1 aromatic heterocycles. The van der Waals surface area contributed by atoms with Gasteiger partial charge in [0, 0.05) is 6.54 Å². The third kappa shape index (κ3) is 7.37. The van der Waals surface area contributed by atoms with E-state index >= 15 is 0 Å². The molecule has 0 radical (unpaired) electrons. The molecule has 0 saturated heterocycles. The van der Waals surface area contributed by atoms with Crippen LogP contribution in [0.15, 0.2) is 6.20 Å². The summed E-state index contributed by atoms with van der Waals surface area (Å²) in [6.07, 6.45) is 1.45. The van der Waals surface area contributed by atoms with Crippen LogP contribution in [0.1, 0.15) is 27.2 Å². The molecular formula is C12H20N4O7S. The maximum absolute atomic E-state index is 11.7. The number of aromatic nitrogens is 2. The topological polar surface area (TPSA) is 143 Å². The van der Waals surface area contributed by atoms with E-state index in [1.807, 2.05) is 0 Å². The van der Waals surface area contributed by atoms with Crippen molar-refractivity contribution in [1.29, 1.82) is 0 Å². The fourth-order valence-electron chi connectivity index (χ4n) is 1.59. The molecule has 1 N–H and O–H groups in total. The zero-order valence-corrected chi connectivity index (χ0v) is 14.6. The summed E-state index contributed by atoms with van der Waals surface area (Å²) in [5.41, 5.74) is -1.16. The van der Waals surface area contributed by atoms with Gasteiger partial charge in [-0.15, -0.1) is 5.10 Å². The quantitative estimate of drug-likeness (QED) is 0.332. The van der Waals surface area contributed by atoms with Gasteiger partial charge in [-0.2, -0.15) is 8.42 Å². The second-order valence-electron chi connectivity index (χ2n) is 5.89. The molecule has 12 heteroatoms. The summed E-state index contributed by atoms with van der Waals surface area (Å²) >= 11 is 0. The lowest BCUT2D eigenvalue weighted by molar-refractivity contribution is -0.384. The monoisotopic (exact) mass is 364 g/mol. The molecular weight excluding hydrogens is 344 g/mol. The van der Waals surface area contributed by atoms with Gasteiger partial charge in [-0.3, -0.25) is 24.3 Å². The Bertz CT molecular complexity index is 705. The van der Waals surface area contributed by atoms with Crippen molar-refractivity contribution in [1.82, 2.24) is 9.78 Å². The predicted molar refractivity (Wildman–Crippen MR) is 84.2 cm³/mol. The molecule has 136 valence electrons. The van der Waals surface area contributed by atoms with Gasteiger partial charge in [0.05, 0.1) is 17.8 Å². The fourth-order valence-corrected chi connectivity index (χ4v) is 2.01. The van der Waals surface area contributed by atoms with Crippen LogP contribution in [0.3, 0.4) is 0 Å². The third-order valence-corrected chi connectivity index (χ3v) is 2.98. The average molecular weight is 364 g/mol. The highest BCUT2D eigenvalue weighted by Gasteiger charge is 2.24. The molecule has 0 aliphatic rings. The van der Waals surface area contributed by atoms with Crippen LogP contribution in [0.5, 0.6) is 0 Å². The minimum Gasteiger partial charge on any atom is -0.444 e. The molecule has 1 heterocycles. The summed E-state index contributed by atoms with van der Waals surface area (Å²) in [6.45, 7) is 5.05. The van der Waals surface area contributed by atoms with E-state index in [-0.39, 0.29) is 25.4 Å². The lowest BCUT2D eigenvalue weighted by atomic mass is 10.2. The number of nitro groups is 1. The van der Waals surface area contributed by atoms with Gasteiger partial charge in [0.25, 0.3) is 10.1 Å². The van der Waals surface area contributed by atoms with E-state index in [2.05, 4.69) is 14.6 Å². The SMILES string of the molecule is CC(C)(C)OC(=O)Nc1nn(CCCOS(C)(=O)=O)cc1[N+](=O)[O-]. The van der Waals surface area contributed by atoms with Crippen LogP contribution in [0, 0.1) is 10.1 Å². The Balaban J connectivity index is 2.73. The van der Waals surface area contributed by atoms with Crippen molar-refractivity contribution in [3.05, 3.63) is 16.3 Å². The van der Waals surface area contributed by atoms with Gasteiger partial charge in [0.2, 0.25) is 5.82 Å². The molecule has 0 fully saturated rings. The van der Waals surface area contributed by atoms with Gasteiger partial charge in [0.1, 0.15) is 11.8 Å². The minimum atomic E-state index is -3.54. The number of carbonyl (C=O) groups is 1. The predicted octanol–water partition coefficient (Wildman–Crippen LogP) is 1.50. The lowest BCUT2D eigenvalue weighted by Crippen LogP contribution is -2.27. The first kappa shape index (κ1) is 19.8. The van der Waals surface area contributed by atoms with Crippen LogP contribution in [0.25, 0.3) is 0 Å². The van der Waals surface area contributed by atoms with E-state index < -0.39 is 32.4 Å². The molecule has 0 aromatic carbocycles. The maximum atomic E-state index is 11.7. The van der Waals surface area contributed by atoms with E-state index in [1.54, 1.807) is 20.8 Å². The number of anilines is 1. The number of carbonyl (C=O) groups excluding carboxylic acids is 1. The standard InChI is InChI=1S/C12H20N4O7S/c1-12(2,3)23-11(17)13-10-9(16(18)19)8-15(14-10)6-5-7-22-24(4,20)21/h8H,5-7H2,1-4H3,(H,13,14,17). The molecule has 1 amide bonds. The number of amides is 1. The second kappa shape index (κ2) is 7.57. The normalized spacial score (nSPS) is 12.0. The lowest BCUT2D eigenvalue weighted by Gasteiger charge is -2.18. The van der Waals surface area contributed by atoms with Crippen molar-refractivity contribution >= 4 is 27.7 Å². The van der Waals surface area contributed by atoms with Crippen molar-refractivity contribution in [2.45, 2.75) is 39.3 Å². The summed E-state index contributed by atoms with van der Waals surface area (Å²) in [5.74, 6) is -0.252. The first-order valence-electron chi connectivity index (χ1n) is 6.93. The van der Waals surface area contributed by atoms with Gasteiger partial charge >= 0.3 is 11.8 Å². The molecule has 0 aliphatic heterocycles. The molecule has 1 aromatic rings. The number of ether oxygens (including phenoxy) is 1. The smallest absolute Gasteiger partial charge is 0.413 e. The third-order valence-electron chi connectivity index (χ3n) is 2.39. The van der Waals surface area contributed by atoms with Gasteiger partial charge in [0.15, 0.2) is 0 Å². The molecule has 0 unspecified atom stereocenters.